The van der Waals surface area contributed by atoms with Gasteiger partial charge in [-0.15, -0.1) is 4.33 Å². The highest BCUT2D eigenvalue weighted by Crippen LogP contribution is 2.17. The van der Waals surface area contributed by atoms with E-state index < -0.39 is 0 Å². The summed E-state index contributed by atoms with van der Waals surface area (Å²) >= 11 is 0.627. The van der Waals surface area contributed by atoms with E-state index in [1.807, 2.05) is 6.92 Å². The quantitative estimate of drug-likeness (QED) is 0.191. The molecule has 5 nitrogen and oxygen atoms in total. The van der Waals surface area contributed by atoms with Gasteiger partial charge in [-0.25, -0.2) is 5.26 Å². The van der Waals surface area contributed by atoms with Gasteiger partial charge in [0.25, 0.3) is 0 Å². The molecule has 1 aliphatic heterocycles. The standard InChI is InChI=1S/C18H27NO.C7H4O3S/c1-3-7-17-9-11-18(12-10-17)20-15-6-14-19-13-5-4-8-16(19)2;1-2-3-4-5-6-7-11-10-9-8/h3,7,9-12,16H,4-6,8,13-15H2,1-2H3;8H,1H3. The molecule has 0 bridgehead atoms. The van der Waals surface area contributed by atoms with Crippen molar-refractivity contribution in [2.45, 2.75) is 52.5 Å². The van der Waals surface area contributed by atoms with Gasteiger partial charge in [-0.05, 0) is 82.0 Å². The van der Waals surface area contributed by atoms with E-state index in [1.165, 1.54) is 31.4 Å². The normalized spacial score (nSPS) is 15.3. The lowest BCUT2D eigenvalue weighted by Gasteiger charge is -2.33. The van der Waals surface area contributed by atoms with Crippen molar-refractivity contribution in [2.24, 2.45) is 0 Å². The smallest absolute Gasteiger partial charge is 0.125 e. The number of rotatable bonds is 8. The fraction of sp³-hybridized carbons (Fsp3) is 0.440. The van der Waals surface area contributed by atoms with Crippen molar-refractivity contribution in [2.75, 3.05) is 19.7 Å². The van der Waals surface area contributed by atoms with Gasteiger partial charge in [-0.1, -0.05) is 41.7 Å². The molecule has 2 rings (SSSR count). The molecule has 1 fully saturated rings. The van der Waals surface area contributed by atoms with Gasteiger partial charge in [0.15, 0.2) is 0 Å². The van der Waals surface area contributed by atoms with E-state index in [0.717, 1.165) is 31.4 Å². The van der Waals surface area contributed by atoms with Crippen LogP contribution in [0.15, 0.2) is 30.3 Å². The van der Waals surface area contributed by atoms with Gasteiger partial charge in [0.2, 0.25) is 0 Å². The highest BCUT2D eigenvalue weighted by molar-refractivity contribution is 7.99. The first-order valence-electron chi connectivity index (χ1n) is 10.4. The molecule has 0 amide bonds. The lowest BCUT2D eigenvalue weighted by Crippen LogP contribution is -2.38. The number of allylic oxidation sites excluding steroid dienone is 1. The molecule has 1 heterocycles. The van der Waals surface area contributed by atoms with Crippen LogP contribution in [0, 0.1) is 34.9 Å². The van der Waals surface area contributed by atoms with Crippen LogP contribution in [0.4, 0.5) is 0 Å². The van der Waals surface area contributed by atoms with Gasteiger partial charge in [-0.3, -0.25) is 0 Å². The van der Waals surface area contributed by atoms with Gasteiger partial charge in [0.1, 0.15) is 17.8 Å². The summed E-state index contributed by atoms with van der Waals surface area (Å²) in [5.74, 6) is 13.3. The number of piperidine rings is 1. The molecule has 0 aliphatic carbocycles. The summed E-state index contributed by atoms with van der Waals surface area (Å²) in [6.07, 6.45) is 9.37. The maximum Gasteiger partial charge on any atom is 0.125 e. The number of ether oxygens (including phenoxy) is 1. The fourth-order valence-electron chi connectivity index (χ4n) is 3.02. The predicted molar refractivity (Wildman–Crippen MR) is 128 cm³/mol. The summed E-state index contributed by atoms with van der Waals surface area (Å²) in [5.41, 5.74) is 1.22. The summed E-state index contributed by atoms with van der Waals surface area (Å²) in [6.45, 7) is 9.30. The molecule has 0 aromatic heterocycles. The lowest BCUT2D eigenvalue weighted by molar-refractivity contribution is -0.431. The van der Waals surface area contributed by atoms with Crippen LogP contribution < -0.4 is 4.74 Å². The molecular formula is C25H31NO4S. The maximum absolute atomic E-state index is 7.64. The van der Waals surface area contributed by atoms with Crippen molar-refractivity contribution >= 4 is 18.1 Å². The third kappa shape index (κ3) is 13.5. The zero-order valence-corrected chi connectivity index (χ0v) is 19.3. The second-order valence-electron chi connectivity index (χ2n) is 6.73. The molecule has 1 N–H and O–H groups in total. The molecule has 6 heteroatoms. The second kappa shape index (κ2) is 18.4. The van der Waals surface area contributed by atoms with Crippen LogP contribution in [0.5, 0.6) is 5.75 Å². The maximum atomic E-state index is 7.64. The lowest BCUT2D eigenvalue weighted by atomic mass is 10.0. The molecule has 1 aromatic rings. The fourth-order valence-corrected chi connectivity index (χ4v) is 3.18. The molecule has 0 spiro atoms. The third-order valence-electron chi connectivity index (χ3n) is 4.51. The first-order valence-corrected chi connectivity index (χ1v) is 11.1. The summed E-state index contributed by atoms with van der Waals surface area (Å²) < 4.78 is 9.75. The van der Waals surface area contributed by atoms with Crippen molar-refractivity contribution in [1.29, 1.82) is 0 Å². The monoisotopic (exact) mass is 441 g/mol. The Morgan fingerprint density at radius 2 is 1.94 bits per heavy atom. The van der Waals surface area contributed by atoms with E-state index in [9.17, 15) is 0 Å². The minimum Gasteiger partial charge on any atom is -0.494 e. The minimum atomic E-state index is 0.627. The van der Waals surface area contributed by atoms with E-state index in [-0.39, 0.29) is 0 Å². The number of hydrogen-bond acceptors (Lipinski definition) is 6. The summed E-state index contributed by atoms with van der Waals surface area (Å²) in [5, 5.41) is 13.3. The van der Waals surface area contributed by atoms with Crippen LogP contribution in [-0.4, -0.2) is 35.9 Å². The molecule has 1 saturated heterocycles. The van der Waals surface area contributed by atoms with Crippen molar-refractivity contribution < 1.29 is 19.4 Å². The molecule has 0 radical (unpaired) electrons. The molecule has 1 aromatic carbocycles. The van der Waals surface area contributed by atoms with Gasteiger partial charge < -0.3 is 9.64 Å². The van der Waals surface area contributed by atoms with Crippen LogP contribution in [0.1, 0.15) is 52.0 Å². The van der Waals surface area contributed by atoms with Crippen LogP contribution in [0.3, 0.4) is 0 Å². The van der Waals surface area contributed by atoms with Crippen LogP contribution in [-0.2, 0) is 9.37 Å². The summed E-state index contributed by atoms with van der Waals surface area (Å²) in [6, 6.07) is 9.06. The second-order valence-corrected chi connectivity index (χ2v) is 7.24. The Bertz CT molecular complexity index is 819. The average molecular weight is 442 g/mol. The molecule has 0 saturated carbocycles. The molecule has 1 unspecified atom stereocenters. The van der Waals surface area contributed by atoms with Gasteiger partial charge in [0.05, 0.1) is 6.61 Å². The van der Waals surface area contributed by atoms with E-state index in [4.69, 9.17) is 9.99 Å². The average Bonchev–Trinajstić information content (AvgIpc) is 2.79. The largest absolute Gasteiger partial charge is 0.494 e. The Morgan fingerprint density at radius 3 is 2.61 bits per heavy atom. The Morgan fingerprint density at radius 1 is 1.16 bits per heavy atom. The molecule has 166 valence electrons. The first-order chi connectivity index (χ1) is 15.2. The summed E-state index contributed by atoms with van der Waals surface area (Å²) in [4.78, 5) is 2.60. The highest BCUT2D eigenvalue weighted by atomic mass is 32.2. The Kier molecular flexibility index (Phi) is 15.8. The van der Waals surface area contributed by atoms with Gasteiger partial charge in [-0.2, -0.15) is 0 Å². The molecular weight excluding hydrogens is 410 g/mol. The van der Waals surface area contributed by atoms with E-state index in [0.29, 0.717) is 12.0 Å². The van der Waals surface area contributed by atoms with Gasteiger partial charge in [0, 0.05) is 23.8 Å². The first kappa shape index (κ1) is 26.7. The van der Waals surface area contributed by atoms with Crippen molar-refractivity contribution in [3.63, 3.8) is 0 Å². The van der Waals surface area contributed by atoms with E-state index in [2.05, 4.69) is 92.5 Å². The van der Waals surface area contributed by atoms with E-state index in [1.54, 1.807) is 6.92 Å². The minimum absolute atomic E-state index is 0.627. The molecule has 31 heavy (non-hydrogen) atoms. The van der Waals surface area contributed by atoms with Crippen molar-refractivity contribution in [3.8, 4) is 40.6 Å². The van der Waals surface area contributed by atoms with Gasteiger partial charge >= 0.3 is 0 Å². The van der Waals surface area contributed by atoms with Crippen LogP contribution in [0.2, 0.25) is 0 Å². The number of hydrogen-bond donors (Lipinski definition) is 1. The van der Waals surface area contributed by atoms with Crippen LogP contribution >= 0.6 is 12.0 Å². The Labute approximate surface area is 191 Å². The SMILES string of the molecule is CC#CC#CC#CSOOO.CC=Cc1ccc(OCCCN2CCCCC2C)cc1. The summed E-state index contributed by atoms with van der Waals surface area (Å²) in [7, 11) is 0. The zero-order chi connectivity index (χ0) is 22.6. The molecule has 1 aliphatic rings. The van der Waals surface area contributed by atoms with Crippen molar-refractivity contribution in [3.05, 3.63) is 35.9 Å². The highest BCUT2D eigenvalue weighted by Gasteiger charge is 2.17. The topological polar surface area (TPSA) is 51.2 Å². The van der Waals surface area contributed by atoms with Crippen molar-refractivity contribution in [1.82, 2.24) is 4.90 Å². The van der Waals surface area contributed by atoms with E-state index >= 15 is 0 Å². The number of nitrogens with zero attached hydrogens (tertiary/aromatic N) is 1. The number of likely N-dealkylation sites (tertiary alicyclic amines) is 1. The molecule has 1 atom stereocenters. The Hall–Kier alpha value is -2.37. The third-order valence-corrected chi connectivity index (χ3v) is 4.82. The predicted octanol–water partition coefficient (Wildman–Crippen LogP) is 5.41. The Balaban J connectivity index is 0.000000373. The number of benzene rings is 1. The zero-order valence-electron chi connectivity index (χ0n) is 18.5. The van der Waals surface area contributed by atoms with Crippen LogP contribution in [0.25, 0.3) is 6.08 Å².